The molecule has 0 bridgehead atoms. The topological polar surface area (TPSA) is 107 Å². The zero-order chi connectivity index (χ0) is 21.4. The van der Waals surface area contributed by atoms with Crippen molar-refractivity contribution in [1.29, 1.82) is 0 Å². The van der Waals surface area contributed by atoms with Crippen LogP contribution in [-0.4, -0.2) is 20.6 Å². The second kappa shape index (κ2) is 6.20. The van der Waals surface area contributed by atoms with Crippen molar-refractivity contribution in [1.82, 2.24) is 9.55 Å². The lowest BCUT2D eigenvalue weighted by Crippen LogP contribution is -2.44. The standard InChI is InChI=1S/C22H20FN3O4/c1-3-22(29)15-5-18-19-11(8-26(18)20(27)14(15)9-30-21(22)28)4-12-13(7-24)10(2)16(23)6-17(12)25-19/h4-6,29H,3,7-9,24H2,1-2H3/t22-/m0/s1. The van der Waals surface area contributed by atoms with Crippen molar-refractivity contribution >= 4 is 16.9 Å². The number of nitrogens with zero attached hydrogens (tertiary/aromatic N) is 2. The van der Waals surface area contributed by atoms with Crippen molar-refractivity contribution < 1.29 is 19.0 Å². The van der Waals surface area contributed by atoms with Gasteiger partial charge < -0.3 is 20.1 Å². The molecule has 2 aliphatic heterocycles. The van der Waals surface area contributed by atoms with E-state index in [1.807, 2.05) is 6.07 Å². The van der Waals surface area contributed by atoms with Gasteiger partial charge in [0.1, 0.15) is 12.4 Å². The number of carbonyl (C=O) groups excluding carboxylic acids is 1. The molecule has 1 aromatic carbocycles. The molecule has 3 aromatic rings. The Morgan fingerprint density at radius 3 is 2.80 bits per heavy atom. The summed E-state index contributed by atoms with van der Waals surface area (Å²) in [6.45, 7) is 3.62. The Hall–Kier alpha value is -3.10. The summed E-state index contributed by atoms with van der Waals surface area (Å²) in [7, 11) is 0. The molecule has 7 nitrogen and oxygen atoms in total. The van der Waals surface area contributed by atoms with Gasteiger partial charge >= 0.3 is 5.97 Å². The zero-order valence-corrected chi connectivity index (χ0v) is 16.6. The highest BCUT2D eigenvalue weighted by Crippen LogP contribution is 2.39. The molecule has 5 rings (SSSR count). The van der Waals surface area contributed by atoms with E-state index in [0.717, 1.165) is 10.9 Å². The third-order valence-electron chi connectivity index (χ3n) is 6.35. The predicted octanol–water partition coefficient (Wildman–Crippen LogP) is 1.99. The normalized spacial score (nSPS) is 19.4. The lowest BCUT2D eigenvalue weighted by atomic mass is 9.86. The van der Waals surface area contributed by atoms with Crippen molar-refractivity contribution in [3.63, 3.8) is 0 Å². The predicted molar refractivity (Wildman–Crippen MR) is 107 cm³/mol. The number of cyclic esters (lactones) is 1. The number of nitrogens with two attached hydrogens (primary N) is 1. The summed E-state index contributed by atoms with van der Waals surface area (Å²) in [6.07, 6.45) is 0.0735. The second-order valence-corrected chi connectivity index (χ2v) is 7.83. The van der Waals surface area contributed by atoms with E-state index >= 15 is 0 Å². The average Bonchev–Trinajstić information content (AvgIpc) is 3.09. The Balaban J connectivity index is 1.80. The zero-order valence-electron chi connectivity index (χ0n) is 16.6. The van der Waals surface area contributed by atoms with E-state index in [9.17, 15) is 19.1 Å². The molecule has 0 saturated carbocycles. The fourth-order valence-corrected chi connectivity index (χ4v) is 4.52. The maximum atomic E-state index is 14.4. The van der Waals surface area contributed by atoms with Crippen LogP contribution < -0.4 is 11.3 Å². The molecule has 4 heterocycles. The summed E-state index contributed by atoms with van der Waals surface area (Å²) >= 11 is 0. The summed E-state index contributed by atoms with van der Waals surface area (Å²) in [4.78, 5) is 30.0. The van der Waals surface area contributed by atoms with Crippen molar-refractivity contribution in [3.8, 4) is 11.4 Å². The number of hydrogen-bond donors (Lipinski definition) is 2. The first kappa shape index (κ1) is 18.9. The number of rotatable bonds is 2. The molecule has 0 aliphatic carbocycles. The van der Waals surface area contributed by atoms with Gasteiger partial charge in [0.25, 0.3) is 5.56 Å². The Morgan fingerprint density at radius 1 is 1.33 bits per heavy atom. The molecule has 1 atom stereocenters. The summed E-state index contributed by atoms with van der Waals surface area (Å²) < 4.78 is 21.0. The highest BCUT2D eigenvalue weighted by molar-refractivity contribution is 5.88. The molecule has 0 unspecified atom stereocenters. The first-order chi connectivity index (χ1) is 14.3. The first-order valence-corrected chi connectivity index (χ1v) is 9.79. The molecule has 3 N–H and O–H groups in total. The van der Waals surface area contributed by atoms with E-state index in [0.29, 0.717) is 34.6 Å². The average molecular weight is 409 g/mol. The van der Waals surface area contributed by atoms with Crippen LogP contribution in [-0.2, 0) is 34.8 Å². The number of ether oxygens (including phenoxy) is 1. The van der Waals surface area contributed by atoms with Crippen molar-refractivity contribution in [2.24, 2.45) is 5.73 Å². The van der Waals surface area contributed by atoms with E-state index in [-0.39, 0.29) is 42.1 Å². The van der Waals surface area contributed by atoms with Crippen LogP contribution in [0.25, 0.3) is 22.3 Å². The van der Waals surface area contributed by atoms with Crippen molar-refractivity contribution in [2.45, 2.75) is 45.6 Å². The van der Waals surface area contributed by atoms with Gasteiger partial charge in [0.2, 0.25) is 0 Å². The number of hydrogen-bond acceptors (Lipinski definition) is 6. The Kier molecular flexibility index (Phi) is 3.90. The number of halogens is 1. The Morgan fingerprint density at radius 2 is 2.10 bits per heavy atom. The maximum absolute atomic E-state index is 14.4. The molecule has 8 heteroatoms. The molecule has 154 valence electrons. The highest BCUT2D eigenvalue weighted by Gasteiger charge is 2.45. The fourth-order valence-electron chi connectivity index (χ4n) is 4.52. The van der Waals surface area contributed by atoms with E-state index in [1.54, 1.807) is 24.5 Å². The SMILES string of the molecule is CC[C@@]1(O)C(=O)OCc2c1cc1n(c2=O)Cc2cc3c(CN)c(C)c(F)cc3nc2-1. The second-order valence-electron chi connectivity index (χ2n) is 7.83. The van der Waals surface area contributed by atoms with Gasteiger partial charge in [-0.25, -0.2) is 14.2 Å². The summed E-state index contributed by atoms with van der Waals surface area (Å²) in [5.41, 5.74) is 7.61. The summed E-state index contributed by atoms with van der Waals surface area (Å²) in [5, 5.41) is 11.7. The van der Waals surface area contributed by atoms with E-state index in [1.165, 1.54) is 6.07 Å². The molecule has 30 heavy (non-hydrogen) atoms. The van der Waals surface area contributed by atoms with Gasteiger partial charge in [-0.05, 0) is 36.6 Å². The Labute approximate surface area is 170 Å². The van der Waals surface area contributed by atoms with Crippen LogP contribution in [0, 0.1) is 12.7 Å². The van der Waals surface area contributed by atoms with E-state index in [4.69, 9.17) is 10.5 Å². The monoisotopic (exact) mass is 409 g/mol. The molecule has 2 aliphatic rings. The molecular weight excluding hydrogens is 389 g/mol. The third kappa shape index (κ3) is 2.28. The lowest BCUT2D eigenvalue weighted by molar-refractivity contribution is -0.172. The highest BCUT2D eigenvalue weighted by atomic mass is 19.1. The van der Waals surface area contributed by atoms with E-state index < -0.39 is 11.6 Å². The molecule has 0 spiro atoms. The minimum atomic E-state index is -1.88. The van der Waals surface area contributed by atoms with Crippen LogP contribution in [0.15, 0.2) is 23.0 Å². The first-order valence-electron chi connectivity index (χ1n) is 9.79. The number of carbonyl (C=O) groups is 1. The number of esters is 1. The number of aliphatic hydroxyl groups is 1. The van der Waals surface area contributed by atoms with Crippen molar-refractivity contribution in [2.75, 3.05) is 0 Å². The van der Waals surface area contributed by atoms with Crippen molar-refractivity contribution in [3.05, 3.63) is 62.2 Å². The number of fused-ring (bicyclic) bond motifs is 5. The Bertz CT molecular complexity index is 1330. The largest absolute Gasteiger partial charge is 0.458 e. The minimum Gasteiger partial charge on any atom is -0.458 e. The van der Waals surface area contributed by atoms with Gasteiger partial charge in [0, 0.05) is 29.1 Å². The number of pyridine rings is 2. The number of aromatic nitrogens is 2. The molecule has 0 radical (unpaired) electrons. The van der Waals surface area contributed by atoms with Crippen LogP contribution in [0.5, 0.6) is 0 Å². The maximum Gasteiger partial charge on any atom is 0.343 e. The molecule has 0 fully saturated rings. The van der Waals surface area contributed by atoms with Gasteiger partial charge in [-0.1, -0.05) is 6.92 Å². The minimum absolute atomic E-state index is 0.0735. The summed E-state index contributed by atoms with van der Waals surface area (Å²) in [6, 6.07) is 4.90. The molecule has 2 aromatic heterocycles. The molecule has 0 amide bonds. The van der Waals surface area contributed by atoms with Gasteiger partial charge in [0.15, 0.2) is 5.60 Å². The van der Waals surface area contributed by atoms with Gasteiger partial charge in [-0.2, -0.15) is 0 Å². The molecule has 0 saturated heterocycles. The quantitative estimate of drug-likeness (QED) is 0.490. The fraction of sp³-hybridized carbons (Fsp3) is 0.318. The lowest BCUT2D eigenvalue weighted by Gasteiger charge is -2.31. The van der Waals surface area contributed by atoms with Gasteiger partial charge in [0.05, 0.1) is 29.0 Å². The number of benzene rings is 1. The van der Waals surface area contributed by atoms with E-state index in [2.05, 4.69) is 4.98 Å². The van der Waals surface area contributed by atoms with Gasteiger partial charge in [-0.15, -0.1) is 0 Å². The smallest absolute Gasteiger partial charge is 0.343 e. The van der Waals surface area contributed by atoms with Crippen LogP contribution in [0.4, 0.5) is 4.39 Å². The van der Waals surface area contributed by atoms with Crippen LogP contribution in [0.1, 0.15) is 41.2 Å². The van der Waals surface area contributed by atoms with Crippen LogP contribution >= 0.6 is 0 Å². The van der Waals surface area contributed by atoms with Gasteiger partial charge in [-0.3, -0.25) is 4.79 Å². The third-order valence-corrected chi connectivity index (χ3v) is 6.35. The summed E-state index contributed by atoms with van der Waals surface area (Å²) in [5.74, 6) is -1.16. The van der Waals surface area contributed by atoms with Crippen LogP contribution in [0.3, 0.4) is 0 Å². The van der Waals surface area contributed by atoms with Crippen LogP contribution in [0.2, 0.25) is 0 Å². The molecular formula is C22H20FN3O4.